The highest BCUT2D eigenvalue weighted by Gasteiger charge is 2.12. The molecule has 0 N–H and O–H groups in total. The van der Waals surface area contributed by atoms with Gasteiger partial charge in [-0.1, -0.05) is 37.4 Å². The van der Waals surface area contributed by atoms with Crippen LogP contribution in [0.2, 0.25) is 5.02 Å². The molecular formula is C16H20ClFO4. The predicted octanol–water partition coefficient (Wildman–Crippen LogP) is 4.04. The van der Waals surface area contributed by atoms with Crippen molar-refractivity contribution in [1.82, 2.24) is 0 Å². The summed E-state index contributed by atoms with van der Waals surface area (Å²) in [5, 5.41) is 0.197. The highest BCUT2D eigenvalue weighted by atomic mass is 35.5. The van der Waals surface area contributed by atoms with Crippen LogP contribution in [0.25, 0.3) is 0 Å². The van der Waals surface area contributed by atoms with Crippen molar-refractivity contribution in [2.45, 2.75) is 45.6 Å². The molecule has 6 heteroatoms. The fourth-order valence-corrected chi connectivity index (χ4v) is 1.93. The van der Waals surface area contributed by atoms with Crippen LogP contribution in [0.15, 0.2) is 18.2 Å². The van der Waals surface area contributed by atoms with Crippen LogP contribution < -0.4 is 0 Å². The molecule has 0 aromatic heterocycles. The highest BCUT2D eigenvalue weighted by Crippen LogP contribution is 2.19. The lowest BCUT2D eigenvalue weighted by Crippen LogP contribution is -2.11. The van der Waals surface area contributed by atoms with Crippen molar-refractivity contribution in [2.24, 2.45) is 0 Å². The number of rotatable bonds is 9. The van der Waals surface area contributed by atoms with Gasteiger partial charge in [-0.15, -0.1) is 0 Å². The van der Waals surface area contributed by atoms with E-state index in [0.29, 0.717) is 6.61 Å². The summed E-state index contributed by atoms with van der Waals surface area (Å²) in [5.41, 5.74) is 0.125. The Labute approximate surface area is 134 Å². The van der Waals surface area contributed by atoms with Gasteiger partial charge in [0.1, 0.15) is 12.4 Å². The molecule has 0 atom stereocenters. The monoisotopic (exact) mass is 330 g/mol. The maximum atomic E-state index is 13.5. The molecule has 1 aromatic rings. The Morgan fingerprint density at radius 3 is 2.45 bits per heavy atom. The quantitative estimate of drug-likeness (QED) is 0.506. The van der Waals surface area contributed by atoms with Crippen LogP contribution in [0.5, 0.6) is 0 Å². The third-order valence-corrected chi connectivity index (χ3v) is 3.34. The van der Waals surface area contributed by atoms with Gasteiger partial charge in [-0.25, -0.2) is 4.39 Å². The zero-order chi connectivity index (χ0) is 16.4. The van der Waals surface area contributed by atoms with Gasteiger partial charge in [-0.3, -0.25) is 9.59 Å². The molecule has 4 nitrogen and oxygen atoms in total. The topological polar surface area (TPSA) is 52.6 Å². The molecule has 0 saturated heterocycles. The fraction of sp³-hybridized carbons (Fsp3) is 0.500. The third-order valence-electron chi connectivity index (χ3n) is 2.98. The molecule has 0 bridgehead atoms. The minimum absolute atomic E-state index is 0.0457. The molecule has 1 rings (SSSR count). The second kappa shape index (κ2) is 10.2. The zero-order valence-corrected chi connectivity index (χ0v) is 13.3. The summed E-state index contributed by atoms with van der Waals surface area (Å²) in [6.45, 7) is 2.17. The molecule has 0 unspecified atom stereocenters. The van der Waals surface area contributed by atoms with Gasteiger partial charge in [-0.05, 0) is 18.6 Å². The number of ether oxygens (including phenoxy) is 2. The number of carbonyl (C=O) groups is 2. The Balaban J connectivity index is 2.25. The van der Waals surface area contributed by atoms with E-state index in [1.807, 2.05) is 0 Å². The van der Waals surface area contributed by atoms with Crippen LogP contribution in [0.1, 0.15) is 44.6 Å². The summed E-state index contributed by atoms with van der Waals surface area (Å²) < 4.78 is 23.3. The number of unbranched alkanes of at least 4 members (excludes halogenated alkanes) is 2. The molecule has 0 aliphatic rings. The zero-order valence-electron chi connectivity index (χ0n) is 12.6. The summed E-state index contributed by atoms with van der Waals surface area (Å²) in [7, 11) is 0. The van der Waals surface area contributed by atoms with Gasteiger partial charge in [0, 0.05) is 5.56 Å². The first-order valence-corrected chi connectivity index (χ1v) is 7.66. The third kappa shape index (κ3) is 6.89. The first kappa shape index (κ1) is 18.4. The van der Waals surface area contributed by atoms with Crippen molar-refractivity contribution >= 4 is 23.5 Å². The molecule has 22 heavy (non-hydrogen) atoms. The van der Waals surface area contributed by atoms with Gasteiger partial charge >= 0.3 is 11.9 Å². The number of hydrogen-bond donors (Lipinski definition) is 0. The minimum atomic E-state index is -0.593. The summed E-state index contributed by atoms with van der Waals surface area (Å²) >= 11 is 5.82. The molecule has 0 aliphatic carbocycles. The Morgan fingerprint density at radius 2 is 1.82 bits per heavy atom. The summed E-state index contributed by atoms with van der Waals surface area (Å²) in [6.07, 6.45) is 2.72. The molecule has 0 spiro atoms. The predicted molar refractivity (Wildman–Crippen MR) is 80.9 cm³/mol. The Morgan fingerprint density at radius 1 is 1.14 bits per heavy atom. The Kier molecular flexibility index (Phi) is 8.51. The smallest absolute Gasteiger partial charge is 0.306 e. The van der Waals surface area contributed by atoms with Crippen molar-refractivity contribution in [2.75, 3.05) is 6.61 Å². The van der Waals surface area contributed by atoms with E-state index in [1.165, 1.54) is 18.2 Å². The van der Waals surface area contributed by atoms with Crippen molar-refractivity contribution < 1.29 is 23.5 Å². The van der Waals surface area contributed by atoms with Crippen molar-refractivity contribution in [3.8, 4) is 0 Å². The lowest BCUT2D eigenvalue weighted by molar-refractivity contribution is -0.151. The van der Waals surface area contributed by atoms with Crippen LogP contribution in [0.3, 0.4) is 0 Å². The van der Waals surface area contributed by atoms with E-state index in [2.05, 4.69) is 6.92 Å². The van der Waals surface area contributed by atoms with Crippen LogP contribution in [-0.2, 0) is 25.7 Å². The molecule has 0 aliphatic heterocycles. The summed E-state index contributed by atoms with van der Waals surface area (Å²) in [4.78, 5) is 22.9. The van der Waals surface area contributed by atoms with Gasteiger partial charge in [0.2, 0.25) is 0 Å². The second-order valence-electron chi connectivity index (χ2n) is 4.79. The van der Waals surface area contributed by atoms with Crippen LogP contribution >= 0.6 is 11.6 Å². The first-order valence-electron chi connectivity index (χ1n) is 7.28. The van der Waals surface area contributed by atoms with Gasteiger partial charge in [-0.2, -0.15) is 0 Å². The van der Waals surface area contributed by atoms with Crippen LogP contribution in [0, 0.1) is 5.82 Å². The van der Waals surface area contributed by atoms with E-state index in [-0.39, 0.29) is 30.0 Å². The molecule has 0 amide bonds. The number of halogens is 2. The first-order chi connectivity index (χ1) is 10.5. The van der Waals surface area contributed by atoms with E-state index >= 15 is 0 Å². The van der Waals surface area contributed by atoms with Crippen LogP contribution in [-0.4, -0.2) is 18.5 Å². The molecule has 0 saturated carbocycles. The largest absolute Gasteiger partial charge is 0.466 e. The molecule has 1 aromatic carbocycles. The molecular weight excluding hydrogens is 311 g/mol. The maximum Gasteiger partial charge on any atom is 0.306 e. The van der Waals surface area contributed by atoms with E-state index in [1.54, 1.807) is 0 Å². The lowest BCUT2D eigenvalue weighted by atomic mass is 10.2. The standard InChI is InChI=1S/C16H20ClFO4/c1-2-3-4-10-21-15(19)8-9-16(20)22-11-12-13(17)6-5-7-14(12)18/h5-7H,2-4,8-11H2,1H3. The van der Waals surface area contributed by atoms with Crippen molar-refractivity contribution in [3.63, 3.8) is 0 Å². The Hall–Kier alpha value is -1.62. The Bertz CT molecular complexity index is 485. The normalized spacial score (nSPS) is 10.3. The number of benzene rings is 1. The molecule has 0 fully saturated rings. The van der Waals surface area contributed by atoms with E-state index in [4.69, 9.17) is 21.1 Å². The summed E-state index contributed by atoms with van der Waals surface area (Å²) in [5.74, 6) is -1.56. The maximum absolute atomic E-state index is 13.5. The van der Waals surface area contributed by atoms with E-state index < -0.39 is 17.8 Å². The average molecular weight is 331 g/mol. The van der Waals surface area contributed by atoms with Gasteiger partial charge in [0.05, 0.1) is 24.5 Å². The van der Waals surface area contributed by atoms with Crippen LogP contribution in [0.4, 0.5) is 4.39 Å². The highest BCUT2D eigenvalue weighted by molar-refractivity contribution is 6.31. The molecule has 0 heterocycles. The molecule has 0 radical (unpaired) electrons. The minimum Gasteiger partial charge on any atom is -0.466 e. The van der Waals surface area contributed by atoms with Gasteiger partial charge in [0.15, 0.2) is 0 Å². The van der Waals surface area contributed by atoms with E-state index in [9.17, 15) is 14.0 Å². The summed E-state index contributed by atoms with van der Waals surface area (Å²) in [6, 6.07) is 4.22. The second-order valence-corrected chi connectivity index (χ2v) is 5.20. The SMILES string of the molecule is CCCCCOC(=O)CCC(=O)OCc1c(F)cccc1Cl. The fourth-order valence-electron chi connectivity index (χ4n) is 1.71. The molecule has 122 valence electrons. The number of esters is 2. The average Bonchev–Trinajstić information content (AvgIpc) is 2.49. The van der Waals surface area contributed by atoms with Crippen molar-refractivity contribution in [3.05, 3.63) is 34.6 Å². The van der Waals surface area contributed by atoms with E-state index in [0.717, 1.165) is 19.3 Å². The van der Waals surface area contributed by atoms with Gasteiger partial charge < -0.3 is 9.47 Å². The van der Waals surface area contributed by atoms with Crippen molar-refractivity contribution in [1.29, 1.82) is 0 Å². The van der Waals surface area contributed by atoms with Gasteiger partial charge in [0.25, 0.3) is 0 Å². The lowest BCUT2D eigenvalue weighted by Gasteiger charge is -2.08. The number of hydrogen-bond acceptors (Lipinski definition) is 4. The number of carbonyl (C=O) groups excluding carboxylic acids is 2.